The third kappa shape index (κ3) is 4.40. The second-order valence-corrected chi connectivity index (χ2v) is 9.78. The number of rotatable bonds is 5. The predicted octanol–water partition coefficient (Wildman–Crippen LogP) is 4.00. The van der Waals surface area contributed by atoms with Crippen molar-refractivity contribution in [2.24, 2.45) is 0 Å². The lowest BCUT2D eigenvalue weighted by Gasteiger charge is -2.32. The van der Waals surface area contributed by atoms with Gasteiger partial charge in [0, 0.05) is 36.2 Å². The van der Waals surface area contributed by atoms with Gasteiger partial charge in [-0.25, -0.2) is 13.1 Å². The lowest BCUT2D eigenvalue weighted by Crippen LogP contribution is -2.42. The topological polar surface area (TPSA) is 84.3 Å². The largest absolute Gasteiger partial charge is 0.322 e. The molecule has 31 heavy (non-hydrogen) atoms. The fourth-order valence-corrected chi connectivity index (χ4v) is 5.64. The van der Waals surface area contributed by atoms with E-state index in [4.69, 9.17) is 0 Å². The van der Waals surface area contributed by atoms with E-state index in [0.29, 0.717) is 23.4 Å². The van der Waals surface area contributed by atoms with Crippen LogP contribution in [0.5, 0.6) is 0 Å². The summed E-state index contributed by atoms with van der Waals surface area (Å²) in [6, 6.07) is 13.9. The molecule has 0 radical (unpaired) electrons. The molecule has 1 aliphatic rings. The maximum absolute atomic E-state index is 13.2. The number of piperidine rings is 1. The third-order valence-corrected chi connectivity index (χ3v) is 7.68. The Morgan fingerprint density at radius 3 is 2.71 bits per heavy atom. The second-order valence-electron chi connectivity index (χ2n) is 7.89. The quantitative estimate of drug-likeness (QED) is 0.653. The fourth-order valence-electron chi connectivity index (χ4n) is 3.92. The first kappa shape index (κ1) is 21.3. The van der Waals surface area contributed by atoms with Crippen molar-refractivity contribution in [3.8, 4) is 5.69 Å². The Hall–Kier alpha value is -2.97. The molecule has 1 N–H and O–H groups in total. The van der Waals surface area contributed by atoms with Crippen LogP contribution in [0.15, 0.2) is 65.8 Å². The van der Waals surface area contributed by atoms with Gasteiger partial charge in [-0.2, -0.15) is 9.40 Å². The number of carbonyl (C=O) groups excluding carboxylic acids is 1. The summed E-state index contributed by atoms with van der Waals surface area (Å²) in [6.45, 7) is 4.25. The summed E-state index contributed by atoms with van der Waals surface area (Å²) in [5.41, 5.74) is 2.48. The van der Waals surface area contributed by atoms with Crippen molar-refractivity contribution in [3.63, 3.8) is 0 Å². The number of sulfonamides is 1. The first-order valence-electron chi connectivity index (χ1n) is 10.4. The molecular weight excluding hydrogens is 412 g/mol. The highest BCUT2D eigenvalue weighted by Crippen LogP contribution is 2.27. The Labute approximate surface area is 182 Å². The zero-order valence-electron chi connectivity index (χ0n) is 17.7. The highest BCUT2D eigenvalue weighted by molar-refractivity contribution is 7.89. The van der Waals surface area contributed by atoms with Crippen LogP contribution in [0.2, 0.25) is 0 Å². The monoisotopic (exact) mass is 438 g/mol. The SMILES string of the molecule is Cc1ccc(S(=O)(=O)N2CCCCC2C)cc1C(=O)Nc1cccc(-n2cccn2)c1. The maximum atomic E-state index is 13.2. The van der Waals surface area contributed by atoms with Crippen LogP contribution < -0.4 is 5.32 Å². The van der Waals surface area contributed by atoms with Gasteiger partial charge >= 0.3 is 0 Å². The summed E-state index contributed by atoms with van der Waals surface area (Å²) in [6.07, 6.45) is 6.25. The van der Waals surface area contributed by atoms with Gasteiger partial charge in [-0.05, 0) is 68.7 Å². The Morgan fingerprint density at radius 1 is 1.13 bits per heavy atom. The lowest BCUT2D eigenvalue weighted by molar-refractivity contribution is 0.102. The first-order valence-corrected chi connectivity index (χ1v) is 11.8. The number of benzene rings is 2. The van der Waals surface area contributed by atoms with E-state index >= 15 is 0 Å². The second kappa shape index (κ2) is 8.64. The van der Waals surface area contributed by atoms with E-state index in [9.17, 15) is 13.2 Å². The summed E-state index contributed by atoms with van der Waals surface area (Å²) < 4.78 is 29.7. The van der Waals surface area contributed by atoms with E-state index < -0.39 is 10.0 Å². The summed E-state index contributed by atoms with van der Waals surface area (Å²) in [5.74, 6) is -0.348. The summed E-state index contributed by atoms with van der Waals surface area (Å²) in [5, 5.41) is 7.08. The number of carbonyl (C=O) groups is 1. The van der Waals surface area contributed by atoms with Crippen molar-refractivity contribution in [3.05, 3.63) is 72.1 Å². The molecule has 4 rings (SSSR count). The molecule has 0 saturated carbocycles. The molecule has 1 aromatic heterocycles. The number of nitrogens with one attached hydrogen (secondary N) is 1. The standard InChI is InChI=1S/C23H26N4O3S/c1-17-10-11-21(31(29,30)27-14-4-3-7-18(27)2)16-22(17)23(28)25-19-8-5-9-20(15-19)26-13-6-12-24-26/h5-6,8-13,15-16,18H,3-4,7,14H2,1-2H3,(H,25,28). The molecule has 1 unspecified atom stereocenters. The van der Waals surface area contributed by atoms with Crippen molar-refractivity contribution in [1.29, 1.82) is 0 Å². The van der Waals surface area contributed by atoms with E-state index in [1.165, 1.54) is 6.07 Å². The van der Waals surface area contributed by atoms with Crippen LogP contribution in [0.4, 0.5) is 5.69 Å². The van der Waals surface area contributed by atoms with Crippen LogP contribution in [0.3, 0.4) is 0 Å². The average molecular weight is 439 g/mol. The molecular formula is C23H26N4O3S. The van der Waals surface area contributed by atoms with Crippen molar-refractivity contribution in [2.45, 2.75) is 44.0 Å². The lowest BCUT2D eigenvalue weighted by atomic mass is 10.1. The van der Waals surface area contributed by atoms with Crippen LogP contribution in [0, 0.1) is 6.92 Å². The maximum Gasteiger partial charge on any atom is 0.255 e. The molecule has 1 aliphatic heterocycles. The zero-order chi connectivity index (χ0) is 22.0. The van der Waals surface area contributed by atoms with Crippen molar-refractivity contribution < 1.29 is 13.2 Å². The summed E-state index contributed by atoms with van der Waals surface area (Å²) in [4.78, 5) is 13.2. The van der Waals surface area contributed by atoms with Gasteiger partial charge in [0.1, 0.15) is 0 Å². The van der Waals surface area contributed by atoms with Crippen LogP contribution in [0.25, 0.3) is 5.69 Å². The number of nitrogens with zero attached hydrogens (tertiary/aromatic N) is 3. The van der Waals surface area contributed by atoms with Gasteiger partial charge in [0.15, 0.2) is 0 Å². The first-order chi connectivity index (χ1) is 14.9. The number of amides is 1. The molecule has 8 heteroatoms. The van der Waals surface area contributed by atoms with E-state index in [-0.39, 0.29) is 16.8 Å². The molecule has 2 heterocycles. The van der Waals surface area contributed by atoms with Gasteiger partial charge in [0.2, 0.25) is 10.0 Å². The Bertz CT molecular complexity index is 1190. The van der Waals surface area contributed by atoms with E-state index in [0.717, 1.165) is 24.9 Å². The van der Waals surface area contributed by atoms with Crippen molar-refractivity contribution >= 4 is 21.6 Å². The predicted molar refractivity (Wildman–Crippen MR) is 120 cm³/mol. The molecule has 2 aromatic carbocycles. The van der Waals surface area contributed by atoms with Crippen LogP contribution in [-0.2, 0) is 10.0 Å². The summed E-state index contributed by atoms with van der Waals surface area (Å²) in [7, 11) is -3.65. The Kier molecular flexibility index (Phi) is 5.93. The minimum absolute atomic E-state index is 0.0395. The van der Waals surface area contributed by atoms with Gasteiger partial charge in [-0.1, -0.05) is 18.6 Å². The fraction of sp³-hybridized carbons (Fsp3) is 0.304. The van der Waals surface area contributed by atoms with Gasteiger partial charge in [0.25, 0.3) is 5.91 Å². The zero-order valence-corrected chi connectivity index (χ0v) is 18.5. The van der Waals surface area contributed by atoms with Gasteiger partial charge in [0.05, 0.1) is 10.6 Å². The highest BCUT2D eigenvalue weighted by atomic mass is 32.2. The number of hydrogen-bond acceptors (Lipinski definition) is 4. The molecule has 3 aromatic rings. The van der Waals surface area contributed by atoms with Gasteiger partial charge in [-0.15, -0.1) is 0 Å². The Morgan fingerprint density at radius 2 is 1.97 bits per heavy atom. The minimum Gasteiger partial charge on any atom is -0.322 e. The van der Waals surface area contributed by atoms with Crippen LogP contribution in [-0.4, -0.2) is 41.0 Å². The minimum atomic E-state index is -3.65. The summed E-state index contributed by atoms with van der Waals surface area (Å²) >= 11 is 0. The molecule has 0 spiro atoms. The third-order valence-electron chi connectivity index (χ3n) is 5.68. The van der Waals surface area contributed by atoms with Crippen LogP contribution >= 0.6 is 0 Å². The van der Waals surface area contributed by atoms with E-state index in [2.05, 4.69) is 10.4 Å². The molecule has 1 saturated heterocycles. The highest BCUT2D eigenvalue weighted by Gasteiger charge is 2.31. The van der Waals surface area contributed by atoms with Crippen molar-refractivity contribution in [1.82, 2.24) is 14.1 Å². The van der Waals surface area contributed by atoms with Crippen LogP contribution in [0.1, 0.15) is 42.1 Å². The van der Waals surface area contributed by atoms with Gasteiger partial charge < -0.3 is 5.32 Å². The molecule has 1 fully saturated rings. The number of hydrogen-bond donors (Lipinski definition) is 1. The number of anilines is 1. The van der Waals surface area contributed by atoms with E-state index in [1.54, 1.807) is 40.3 Å². The molecule has 7 nitrogen and oxygen atoms in total. The Balaban J connectivity index is 1.60. The molecule has 162 valence electrons. The molecule has 1 atom stereocenters. The van der Waals surface area contributed by atoms with E-state index in [1.807, 2.05) is 37.4 Å². The molecule has 0 bridgehead atoms. The molecule has 0 aliphatic carbocycles. The smallest absolute Gasteiger partial charge is 0.255 e. The number of aryl methyl sites for hydroxylation is 1. The average Bonchev–Trinajstić information content (AvgIpc) is 3.29. The van der Waals surface area contributed by atoms with Crippen molar-refractivity contribution in [2.75, 3.05) is 11.9 Å². The molecule has 1 amide bonds. The van der Waals surface area contributed by atoms with Gasteiger partial charge in [-0.3, -0.25) is 4.79 Å². The normalized spacial score (nSPS) is 17.4. The number of aromatic nitrogens is 2.